The van der Waals surface area contributed by atoms with E-state index in [4.69, 9.17) is 14.2 Å². The number of nitrogens with one attached hydrogen (secondary N) is 3. The summed E-state index contributed by atoms with van der Waals surface area (Å²) >= 11 is 0. The van der Waals surface area contributed by atoms with Gasteiger partial charge in [0.05, 0.1) is 38.7 Å². The van der Waals surface area contributed by atoms with Crippen LogP contribution in [0.4, 0.5) is 23.1 Å². The SMILES string of the molecule is CNc1nc2cnc(Nc3cccc(NC(C)=O)c3)cc2n1-c1cc(OC)c(OC)c(OC)c1. The number of methoxy groups -OCH3 is 3. The van der Waals surface area contributed by atoms with E-state index in [1.54, 1.807) is 34.6 Å². The van der Waals surface area contributed by atoms with Gasteiger partial charge in [-0.05, 0) is 18.2 Å². The number of fused-ring (bicyclic) bond motifs is 1. The van der Waals surface area contributed by atoms with Gasteiger partial charge in [0, 0.05) is 43.5 Å². The van der Waals surface area contributed by atoms with Crippen LogP contribution in [-0.4, -0.2) is 48.8 Å². The van der Waals surface area contributed by atoms with Gasteiger partial charge in [-0.2, -0.15) is 0 Å². The molecule has 2 heterocycles. The van der Waals surface area contributed by atoms with Crippen molar-refractivity contribution in [1.82, 2.24) is 14.5 Å². The zero-order valence-corrected chi connectivity index (χ0v) is 19.6. The molecule has 0 saturated carbocycles. The molecule has 10 heteroatoms. The highest BCUT2D eigenvalue weighted by molar-refractivity contribution is 5.89. The van der Waals surface area contributed by atoms with Gasteiger partial charge < -0.3 is 30.2 Å². The van der Waals surface area contributed by atoms with Gasteiger partial charge in [-0.15, -0.1) is 0 Å². The van der Waals surface area contributed by atoms with Gasteiger partial charge >= 0.3 is 0 Å². The number of ether oxygens (including phenoxy) is 3. The van der Waals surface area contributed by atoms with Gasteiger partial charge in [0.1, 0.15) is 11.3 Å². The first kappa shape index (κ1) is 22.7. The molecule has 4 aromatic rings. The predicted molar refractivity (Wildman–Crippen MR) is 132 cm³/mol. The highest BCUT2D eigenvalue weighted by Gasteiger charge is 2.19. The average Bonchev–Trinajstić information content (AvgIpc) is 3.20. The van der Waals surface area contributed by atoms with Crippen molar-refractivity contribution in [3.63, 3.8) is 0 Å². The Morgan fingerprint density at radius 1 is 0.971 bits per heavy atom. The molecule has 2 aromatic heterocycles. The van der Waals surface area contributed by atoms with Gasteiger partial charge in [-0.1, -0.05) is 6.07 Å². The molecule has 0 radical (unpaired) electrons. The molecule has 0 fully saturated rings. The number of hydrogen-bond acceptors (Lipinski definition) is 8. The largest absolute Gasteiger partial charge is 0.493 e. The van der Waals surface area contributed by atoms with E-state index in [1.807, 2.05) is 47.0 Å². The fraction of sp³-hybridized carbons (Fsp3) is 0.208. The van der Waals surface area contributed by atoms with Crippen LogP contribution in [0.1, 0.15) is 6.92 Å². The van der Waals surface area contributed by atoms with Crippen LogP contribution in [0, 0.1) is 0 Å². The second kappa shape index (κ2) is 9.57. The maximum atomic E-state index is 11.4. The number of amides is 1. The fourth-order valence-electron chi connectivity index (χ4n) is 3.70. The predicted octanol–water partition coefficient (Wildman–Crippen LogP) is 4.19. The van der Waals surface area contributed by atoms with E-state index in [-0.39, 0.29) is 5.91 Å². The Kier molecular flexibility index (Phi) is 6.39. The van der Waals surface area contributed by atoms with Crippen molar-refractivity contribution in [3.05, 3.63) is 48.7 Å². The quantitative estimate of drug-likeness (QED) is 0.357. The topological polar surface area (TPSA) is 112 Å². The van der Waals surface area contributed by atoms with Crippen molar-refractivity contribution < 1.29 is 19.0 Å². The summed E-state index contributed by atoms with van der Waals surface area (Å²) in [6, 6.07) is 13.0. The van der Waals surface area contributed by atoms with Gasteiger partial charge in [0.15, 0.2) is 11.5 Å². The van der Waals surface area contributed by atoms with Crippen LogP contribution in [0.15, 0.2) is 48.7 Å². The summed E-state index contributed by atoms with van der Waals surface area (Å²) in [6.07, 6.45) is 1.70. The number of benzene rings is 2. The molecule has 0 saturated heterocycles. The molecular weight excluding hydrogens is 436 g/mol. The lowest BCUT2D eigenvalue weighted by Gasteiger charge is -2.16. The summed E-state index contributed by atoms with van der Waals surface area (Å²) in [6.45, 7) is 1.47. The molecule has 0 unspecified atom stereocenters. The number of anilines is 4. The van der Waals surface area contributed by atoms with Crippen LogP contribution in [0.25, 0.3) is 16.7 Å². The molecule has 0 bridgehead atoms. The minimum Gasteiger partial charge on any atom is -0.493 e. The molecule has 3 N–H and O–H groups in total. The van der Waals surface area contributed by atoms with Crippen molar-refractivity contribution >= 4 is 40.1 Å². The highest BCUT2D eigenvalue weighted by Crippen LogP contribution is 2.40. The Morgan fingerprint density at radius 3 is 2.29 bits per heavy atom. The first-order valence-electron chi connectivity index (χ1n) is 10.5. The molecule has 176 valence electrons. The van der Waals surface area contributed by atoms with E-state index in [2.05, 4.69) is 25.9 Å². The fourth-order valence-corrected chi connectivity index (χ4v) is 3.70. The Labute approximate surface area is 196 Å². The molecule has 0 spiro atoms. The van der Waals surface area contributed by atoms with Gasteiger partial charge in [-0.25, -0.2) is 9.97 Å². The van der Waals surface area contributed by atoms with Crippen molar-refractivity contribution in [2.24, 2.45) is 0 Å². The standard InChI is InChI=1S/C24H26N6O4/c1-14(31)27-15-7-6-8-16(9-15)28-22-12-19-18(13-26-22)29-24(25-2)30(19)17-10-20(32-3)23(34-5)21(11-17)33-4/h6-13H,1-5H3,(H,25,29)(H,26,28)(H,27,31). The molecule has 10 nitrogen and oxygen atoms in total. The number of carbonyl (C=O) groups excluding carboxylic acids is 1. The molecule has 4 rings (SSSR count). The van der Waals surface area contributed by atoms with Crippen molar-refractivity contribution in [2.45, 2.75) is 6.92 Å². The number of hydrogen-bond donors (Lipinski definition) is 3. The van der Waals surface area contributed by atoms with Crippen molar-refractivity contribution in [3.8, 4) is 22.9 Å². The van der Waals surface area contributed by atoms with E-state index < -0.39 is 0 Å². The summed E-state index contributed by atoms with van der Waals surface area (Å²) < 4.78 is 18.5. The van der Waals surface area contributed by atoms with Gasteiger partial charge in [0.25, 0.3) is 0 Å². The number of nitrogens with zero attached hydrogens (tertiary/aromatic N) is 3. The van der Waals surface area contributed by atoms with Crippen LogP contribution < -0.4 is 30.2 Å². The van der Waals surface area contributed by atoms with E-state index in [1.165, 1.54) is 6.92 Å². The second-order valence-electron chi connectivity index (χ2n) is 7.35. The number of aromatic nitrogens is 3. The molecule has 34 heavy (non-hydrogen) atoms. The van der Waals surface area contributed by atoms with Gasteiger partial charge in [-0.3, -0.25) is 9.36 Å². The summed E-state index contributed by atoms with van der Waals surface area (Å²) in [5.41, 5.74) is 3.76. The molecule has 0 aliphatic carbocycles. The van der Waals surface area contributed by atoms with E-state index in [9.17, 15) is 4.79 Å². The van der Waals surface area contributed by atoms with Gasteiger partial charge in [0.2, 0.25) is 17.6 Å². The number of pyridine rings is 1. The molecule has 0 atom stereocenters. The van der Waals surface area contributed by atoms with Crippen molar-refractivity contribution in [1.29, 1.82) is 0 Å². The number of carbonyl (C=O) groups is 1. The second-order valence-corrected chi connectivity index (χ2v) is 7.35. The number of rotatable bonds is 8. The summed E-state index contributed by atoms with van der Waals surface area (Å²) in [4.78, 5) is 20.5. The summed E-state index contributed by atoms with van der Waals surface area (Å²) in [5.74, 6) is 2.67. The maximum Gasteiger partial charge on any atom is 0.221 e. The Balaban J connectivity index is 1.80. The first-order chi connectivity index (χ1) is 16.5. The zero-order valence-electron chi connectivity index (χ0n) is 19.6. The zero-order chi connectivity index (χ0) is 24.2. The maximum absolute atomic E-state index is 11.4. The molecular formula is C24H26N6O4. The van der Waals surface area contributed by atoms with E-state index in [0.717, 1.165) is 16.9 Å². The van der Waals surface area contributed by atoms with E-state index >= 15 is 0 Å². The van der Waals surface area contributed by atoms with E-state index in [0.29, 0.717) is 40.2 Å². The third kappa shape index (κ3) is 4.38. The van der Waals surface area contributed by atoms with Crippen LogP contribution >= 0.6 is 0 Å². The summed E-state index contributed by atoms with van der Waals surface area (Å²) in [5, 5.41) is 9.20. The van der Waals surface area contributed by atoms with Crippen LogP contribution in [-0.2, 0) is 4.79 Å². The Morgan fingerprint density at radius 2 is 1.68 bits per heavy atom. The molecule has 2 aromatic carbocycles. The van der Waals surface area contributed by atoms with Crippen LogP contribution in [0.5, 0.6) is 17.2 Å². The first-order valence-corrected chi connectivity index (χ1v) is 10.5. The average molecular weight is 463 g/mol. The molecule has 0 aliphatic rings. The normalized spacial score (nSPS) is 10.6. The monoisotopic (exact) mass is 462 g/mol. The van der Waals surface area contributed by atoms with Crippen LogP contribution in [0.3, 0.4) is 0 Å². The third-order valence-electron chi connectivity index (χ3n) is 5.13. The highest BCUT2D eigenvalue weighted by atomic mass is 16.5. The van der Waals surface area contributed by atoms with Crippen LogP contribution in [0.2, 0.25) is 0 Å². The third-order valence-corrected chi connectivity index (χ3v) is 5.13. The summed E-state index contributed by atoms with van der Waals surface area (Å²) in [7, 11) is 6.52. The molecule has 1 amide bonds. The van der Waals surface area contributed by atoms with Crippen molar-refractivity contribution in [2.75, 3.05) is 44.3 Å². The lowest BCUT2D eigenvalue weighted by Crippen LogP contribution is -2.06. The Hall–Kier alpha value is -4.47. The smallest absolute Gasteiger partial charge is 0.221 e. The Bertz CT molecular complexity index is 1330. The minimum absolute atomic E-state index is 0.134. The lowest BCUT2D eigenvalue weighted by atomic mass is 10.2. The lowest BCUT2D eigenvalue weighted by molar-refractivity contribution is -0.114. The minimum atomic E-state index is -0.134. The number of imidazole rings is 1. The molecule has 0 aliphatic heterocycles.